The fourth-order valence-corrected chi connectivity index (χ4v) is 1.89. The van der Waals surface area contributed by atoms with Gasteiger partial charge in [0.2, 0.25) is 5.88 Å². The van der Waals surface area contributed by atoms with Gasteiger partial charge in [0.1, 0.15) is 17.9 Å². The summed E-state index contributed by atoms with van der Waals surface area (Å²) in [5.74, 6) is -1.15. The van der Waals surface area contributed by atoms with E-state index in [4.69, 9.17) is 9.47 Å². The number of nitrogens with zero attached hydrogens (tertiary/aromatic N) is 2. The lowest BCUT2D eigenvalue weighted by Crippen LogP contribution is -2.13. The molecule has 1 aromatic carbocycles. The van der Waals surface area contributed by atoms with E-state index in [0.29, 0.717) is 5.56 Å². The van der Waals surface area contributed by atoms with Crippen LogP contribution in [0.1, 0.15) is 22.8 Å². The van der Waals surface area contributed by atoms with E-state index in [-0.39, 0.29) is 30.2 Å². The molecule has 25 heavy (non-hydrogen) atoms. The number of hydrogen-bond donors (Lipinski definition) is 0. The summed E-state index contributed by atoms with van der Waals surface area (Å²) >= 11 is 0. The SMILES string of the molecule is CC(=O)Oc1ccccc1C(=O)Oc1ccc(CCO[N+](=O)[O-])cn1. The molecular weight excluding hydrogens is 332 g/mol. The third kappa shape index (κ3) is 5.57. The molecular formula is C16H14N2O7. The summed E-state index contributed by atoms with van der Waals surface area (Å²) < 4.78 is 10.1. The van der Waals surface area contributed by atoms with Crippen LogP contribution in [-0.4, -0.2) is 28.6 Å². The smallest absolute Gasteiger partial charge is 0.348 e. The Kier molecular flexibility index (Phi) is 5.99. The predicted molar refractivity (Wildman–Crippen MR) is 83.6 cm³/mol. The van der Waals surface area contributed by atoms with Crippen LogP contribution in [0, 0.1) is 10.1 Å². The van der Waals surface area contributed by atoms with Crippen LogP contribution in [0.15, 0.2) is 42.6 Å². The number of benzene rings is 1. The fourth-order valence-electron chi connectivity index (χ4n) is 1.89. The first-order valence-corrected chi connectivity index (χ1v) is 7.17. The second-order valence-corrected chi connectivity index (χ2v) is 4.79. The molecule has 0 aliphatic carbocycles. The van der Waals surface area contributed by atoms with Gasteiger partial charge >= 0.3 is 11.9 Å². The zero-order valence-electron chi connectivity index (χ0n) is 13.2. The van der Waals surface area contributed by atoms with Gasteiger partial charge in [-0.05, 0) is 24.1 Å². The van der Waals surface area contributed by atoms with Gasteiger partial charge in [0.25, 0.3) is 5.09 Å². The lowest BCUT2D eigenvalue weighted by Gasteiger charge is -2.08. The number of aromatic nitrogens is 1. The molecule has 0 spiro atoms. The lowest BCUT2D eigenvalue weighted by atomic mass is 10.2. The molecule has 2 rings (SSSR count). The average molecular weight is 346 g/mol. The van der Waals surface area contributed by atoms with Gasteiger partial charge in [-0.3, -0.25) is 4.79 Å². The highest BCUT2D eigenvalue weighted by Gasteiger charge is 2.16. The normalized spacial score (nSPS) is 9.96. The Morgan fingerprint density at radius 2 is 1.92 bits per heavy atom. The summed E-state index contributed by atoms with van der Waals surface area (Å²) in [4.78, 5) is 41.5. The molecule has 0 aliphatic rings. The Hall–Kier alpha value is -3.49. The molecule has 9 nitrogen and oxygen atoms in total. The molecule has 0 unspecified atom stereocenters. The standard InChI is InChI=1S/C16H14N2O7/c1-11(19)24-14-5-3-2-4-13(14)16(20)25-15-7-6-12(10-17-15)8-9-23-18(21)22/h2-7,10H,8-9H2,1H3. The van der Waals surface area contributed by atoms with Crippen molar-refractivity contribution in [3.8, 4) is 11.6 Å². The first-order chi connectivity index (χ1) is 12.0. The first-order valence-electron chi connectivity index (χ1n) is 7.17. The number of para-hydroxylation sites is 1. The van der Waals surface area contributed by atoms with Crippen molar-refractivity contribution in [1.29, 1.82) is 0 Å². The summed E-state index contributed by atoms with van der Waals surface area (Å²) in [6.07, 6.45) is 1.71. The van der Waals surface area contributed by atoms with Gasteiger partial charge in [-0.25, -0.2) is 9.78 Å². The van der Waals surface area contributed by atoms with Gasteiger partial charge in [-0.2, -0.15) is 0 Å². The molecule has 0 saturated heterocycles. The van der Waals surface area contributed by atoms with E-state index >= 15 is 0 Å². The Labute approximate surface area is 142 Å². The quantitative estimate of drug-likeness (QED) is 0.323. The first kappa shape index (κ1) is 17.9. The highest BCUT2D eigenvalue weighted by molar-refractivity contribution is 5.94. The molecule has 130 valence electrons. The summed E-state index contributed by atoms with van der Waals surface area (Å²) in [6, 6.07) is 9.23. The predicted octanol–water partition coefficient (Wildman–Crippen LogP) is 1.98. The monoisotopic (exact) mass is 346 g/mol. The van der Waals surface area contributed by atoms with Crippen LogP contribution in [0.2, 0.25) is 0 Å². The minimum atomic E-state index is -0.871. The zero-order valence-corrected chi connectivity index (χ0v) is 13.2. The van der Waals surface area contributed by atoms with E-state index in [2.05, 4.69) is 9.82 Å². The van der Waals surface area contributed by atoms with Crippen LogP contribution in [0.25, 0.3) is 0 Å². The number of carbonyl (C=O) groups excluding carboxylic acids is 2. The summed E-state index contributed by atoms with van der Waals surface area (Å²) in [5.41, 5.74) is 0.768. The van der Waals surface area contributed by atoms with E-state index in [1.807, 2.05) is 0 Å². The maximum absolute atomic E-state index is 12.2. The van der Waals surface area contributed by atoms with Crippen molar-refractivity contribution >= 4 is 11.9 Å². The molecule has 0 aliphatic heterocycles. The van der Waals surface area contributed by atoms with Crippen LogP contribution >= 0.6 is 0 Å². The number of carbonyl (C=O) groups is 2. The van der Waals surface area contributed by atoms with Crippen molar-refractivity contribution in [2.75, 3.05) is 6.61 Å². The number of hydrogen-bond acceptors (Lipinski definition) is 8. The Morgan fingerprint density at radius 3 is 2.56 bits per heavy atom. The van der Waals surface area contributed by atoms with E-state index in [1.54, 1.807) is 18.2 Å². The van der Waals surface area contributed by atoms with Crippen molar-refractivity contribution < 1.29 is 29.0 Å². The maximum atomic E-state index is 12.2. The summed E-state index contributed by atoms with van der Waals surface area (Å²) in [7, 11) is 0. The summed E-state index contributed by atoms with van der Waals surface area (Å²) in [5, 5.41) is 9.20. The van der Waals surface area contributed by atoms with E-state index in [1.165, 1.54) is 31.3 Å². The van der Waals surface area contributed by atoms with E-state index in [9.17, 15) is 19.7 Å². The van der Waals surface area contributed by atoms with Crippen molar-refractivity contribution in [2.24, 2.45) is 0 Å². The number of rotatable bonds is 7. The molecule has 0 radical (unpaired) electrons. The van der Waals surface area contributed by atoms with Gasteiger partial charge in [-0.15, -0.1) is 10.1 Å². The lowest BCUT2D eigenvalue weighted by molar-refractivity contribution is -0.757. The van der Waals surface area contributed by atoms with Gasteiger partial charge in [0.15, 0.2) is 0 Å². The molecule has 0 amide bonds. The Balaban J connectivity index is 2.01. The van der Waals surface area contributed by atoms with Crippen LogP contribution in [0.5, 0.6) is 11.6 Å². The maximum Gasteiger partial charge on any atom is 0.348 e. The molecule has 1 heterocycles. The van der Waals surface area contributed by atoms with Crippen LogP contribution in [-0.2, 0) is 16.1 Å². The van der Waals surface area contributed by atoms with Crippen LogP contribution < -0.4 is 9.47 Å². The highest BCUT2D eigenvalue weighted by Crippen LogP contribution is 2.20. The molecule has 0 saturated carbocycles. The molecule has 0 bridgehead atoms. The Bertz CT molecular complexity index is 774. The molecule has 1 aromatic heterocycles. The molecule has 9 heteroatoms. The molecule has 0 atom stereocenters. The Morgan fingerprint density at radius 1 is 1.16 bits per heavy atom. The third-order valence-corrected chi connectivity index (χ3v) is 2.94. The number of pyridine rings is 1. The van der Waals surface area contributed by atoms with Gasteiger partial charge in [0, 0.05) is 19.2 Å². The molecule has 0 fully saturated rings. The number of ether oxygens (including phenoxy) is 2. The van der Waals surface area contributed by atoms with Crippen molar-refractivity contribution in [3.63, 3.8) is 0 Å². The van der Waals surface area contributed by atoms with E-state index in [0.717, 1.165) is 0 Å². The van der Waals surface area contributed by atoms with Crippen molar-refractivity contribution in [1.82, 2.24) is 4.98 Å². The van der Waals surface area contributed by atoms with Crippen LogP contribution in [0.3, 0.4) is 0 Å². The van der Waals surface area contributed by atoms with Gasteiger partial charge in [-0.1, -0.05) is 18.2 Å². The van der Waals surface area contributed by atoms with Crippen molar-refractivity contribution in [2.45, 2.75) is 13.3 Å². The number of esters is 2. The van der Waals surface area contributed by atoms with Gasteiger partial charge in [0.05, 0.1) is 0 Å². The van der Waals surface area contributed by atoms with E-state index < -0.39 is 17.0 Å². The zero-order chi connectivity index (χ0) is 18.2. The molecule has 2 aromatic rings. The second kappa shape index (κ2) is 8.39. The minimum absolute atomic E-state index is 0.0431. The van der Waals surface area contributed by atoms with Gasteiger partial charge < -0.3 is 14.3 Å². The fraction of sp³-hybridized carbons (Fsp3) is 0.188. The summed E-state index contributed by atoms with van der Waals surface area (Å²) in [6.45, 7) is 1.13. The molecule has 0 N–H and O–H groups in total. The third-order valence-electron chi connectivity index (χ3n) is 2.94. The largest absolute Gasteiger partial charge is 0.426 e. The second-order valence-electron chi connectivity index (χ2n) is 4.79. The highest BCUT2D eigenvalue weighted by atomic mass is 16.9. The average Bonchev–Trinajstić information content (AvgIpc) is 2.56. The topological polar surface area (TPSA) is 118 Å². The van der Waals surface area contributed by atoms with Crippen LogP contribution in [0.4, 0.5) is 0 Å². The minimum Gasteiger partial charge on any atom is -0.426 e. The van der Waals surface area contributed by atoms with Crippen molar-refractivity contribution in [3.05, 3.63) is 63.8 Å².